The lowest BCUT2D eigenvalue weighted by Crippen LogP contribution is -2.41. The number of nitrogens with zero attached hydrogens (tertiary/aromatic N) is 2. The molecule has 0 aliphatic carbocycles. The molecule has 7 nitrogen and oxygen atoms in total. The van der Waals surface area contributed by atoms with E-state index >= 15 is 0 Å². The zero-order valence-corrected chi connectivity index (χ0v) is 16.4. The number of hydrogen-bond donors (Lipinski definition) is 0. The van der Waals surface area contributed by atoms with Crippen LogP contribution in [0.4, 0.5) is 0 Å². The molecular formula is C17H24N2O5S2. The zero-order chi connectivity index (χ0) is 18.9. The van der Waals surface area contributed by atoms with E-state index in [4.69, 9.17) is 0 Å². The van der Waals surface area contributed by atoms with Gasteiger partial charge in [0.05, 0.1) is 16.4 Å². The van der Waals surface area contributed by atoms with Gasteiger partial charge in [0.15, 0.2) is 9.84 Å². The molecule has 1 aromatic rings. The van der Waals surface area contributed by atoms with E-state index in [1.54, 1.807) is 19.1 Å². The monoisotopic (exact) mass is 400 g/mol. The predicted molar refractivity (Wildman–Crippen MR) is 98.2 cm³/mol. The number of hydrogen-bond acceptors (Lipinski definition) is 5. The summed E-state index contributed by atoms with van der Waals surface area (Å²) in [6, 6.07) is 5.70. The first-order chi connectivity index (χ1) is 12.2. The minimum absolute atomic E-state index is 0.0294. The highest BCUT2D eigenvalue weighted by atomic mass is 32.2. The van der Waals surface area contributed by atoms with Crippen molar-refractivity contribution < 1.29 is 21.6 Å². The summed E-state index contributed by atoms with van der Waals surface area (Å²) in [5, 5.41) is 0. The van der Waals surface area contributed by atoms with Gasteiger partial charge in [-0.1, -0.05) is 6.07 Å². The van der Waals surface area contributed by atoms with Crippen molar-refractivity contribution in [1.82, 2.24) is 9.21 Å². The van der Waals surface area contributed by atoms with Gasteiger partial charge in [0, 0.05) is 31.2 Å². The third-order valence-electron chi connectivity index (χ3n) is 5.03. The lowest BCUT2D eigenvalue weighted by atomic mass is 10.1. The Kier molecular flexibility index (Phi) is 5.41. The van der Waals surface area contributed by atoms with Crippen LogP contribution in [0, 0.1) is 0 Å². The molecule has 1 aromatic carbocycles. The fourth-order valence-corrected chi connectivity index (χ4v) is 6.92. The number of benzene rings is 1. The van der Waals surface area contributed by atoms with Gasteiger partial charge in [-0.3, -0.25) is 4.79 Å². The van der Waals surface area contributed by atoms with Crippen LogP contribution in [0.15, 0.2) is 29.2 Å². The Morgan fingerprint density at radius 1 is 1.27 bits per heavy atom. The van der Waals surface area contributed by atoms with Crippen molar-refractivity contribution in [3.05, 3.63) is 29.8 Å². The van der Waals surface area contributed by atoms with Crippen molar-refractivity contribution >= 4 is 25.8 Å². The van der Waals surface area contributed by atoms with Crippen molar-refractivity contribution in [2.75, 3.05) is 31.1 Å². The molecule has 0 radical (unpaired) electrons. The van der Waals surface area contributed by atoms with E-state index in [-0.39, 0.29) is 33.9 Å². The summed E-state index contributed by atoms with van der Waals surface area (Å²) in [5.41, 5.74) is 0.274. The third-order valence-corrected chi connectivity index (χ3v) is 8.68. The van der Waals surface area contributed by atoms with Crippen LogP contribution < -0.4 is 0 Å². The van der Waals surface area contributed by atoms with Gasteiger partial charge in [-0.05, 0) is 44.4 Å². The fourth-order valence-electron chi connectivity index (χ4n) is 3.62. The maximum Gasteiger partial charge on any atom is 0.254 e. The molecule has 0 bridgehead atoms. The van der Waals surface area contributed by atoms with E-state index in [1.807, 2.05) is 0 Å². The second kappa shape index (κ2) is 7.28. The second-order valence-corrected chi connectivity index (χ2v) is 11.0. The highest BCUT2D eigenvalue weighted by Gasteiger charge is 2.35. The van der Waals surface area contributed by atoms with Gasteiger partial charge < -0.3 is 4.90 Å². The molecule has 2 aliphatic heterocycles. The summed E-state index contributed by atoms with van der Waals surface area (Å²) in [7, 11) is -6.70. The predicted octanol–water partition coefficient (Wildman–Crippen LogP) is 1.12. The molecule has 2 aliphatic rings. The normalized spacial score (nSPS) is 23.2. The summed E-state index contributed by atoms with van der Waals surface area (Å²) in [4.78, 5) is 14.5. The lowest BCUT2D eigenvalue weighted by Gasteiger charge is -2.27. The largest absolute Gasteiger partial charge is 0.335 e. The van der Waals surface area contributed by atoms with Gasteiger partial charge in [-0.15, -0.1) is 0 Å². The number of carbonyl (C=O) groups is 1. The molecule has 0 aromatic heterocycles. The van der Waals surface area contributed by atoms with Crippen LogP contribution in [-0.2, 0) is 19.9 Å². The summed E-state index contributed by atoms with van der Waals surface area (Å²) in [5.74, 6) is -0.267. The first-order valence-corrected chi connectivity index (χ1v) is 12.1. The van der Waals surface area contributed by atoms with Gasteiger partial charge in [0.25, 0.3) is 5.91 Å². The summed E-state index contributed by atoms with van der Waals surface area (Å²) >= 11 is 0. The van der Waals surface area contributed by atoms with Crippen molar-refractivity contribution in [3.8, 4) is 0 Å². The maximum absolute atomic E-state index is 12.9. The Morgan fingerprint density at radius 2 is 1.96 bits per heavy atom. The number of sulfone groups is 1. The Bertz CT molecular complexity index is 889. The number of sulfonamides is 1. The maximum atomic E-state index is 12.9. The SMILES string of the molecule is CCN(C(=O)c1cccc(S(=O)(=O)N2CCCC2)c1)[C@@H]1CCS(=O)(=O)C1. The zero-order valence-electron chi connectivity index (χ0n) is 14.8. The molecule has 2 saturated heterocycles. The minimum atomic E-state index is -3.60. The first kappa shape index (κ1) is 19.3. The molecule has 144 valence electrons. The Hall–Kier alpha value is -1.45. The van der Waals surface area contributed by atoms with E-state index in [1.165, 1.54) is 21.3 Å². The van der Waals surface area contributed by atoms with Crippen LogP contribution in [0.5, 0.6) is 0 Å². The van der Waals surface area contributed by atoms with Crippen molar-refractivity contribution in [2.24, 2.45) is 0 Å². The van der Waals surface area contributed by atoms with Crippen molar-refractivity contribution in [3.63, 3.8) is 0 Å². The molecule has 0 saturated carbocycles. The molecule has 26 heavy (non-hydrogen) atoms. The molecule has 2 fully saturated rings. The van der Waals surface area contributed by atoms with Gasteiger partial charge in [-0.25, -0.2) is 16.8 Å². The molecular weight excluding hydrogens is 376 g/mol. The van der Waals surface area contributed by atoms with Gasteiger partial charge in [0.2, 0.25) is 10.0 Å². The van der Waals surface area contributed by atoms with Crippen molar-refractivity contribution in [1.29, 1.82) is 0 Å². The highest BCUT2D eigenvalue weighted by Crippen LogP contribution is 2.24. The average Bonchev–Trinajstić information content (AvgIpc) is 3.26. The summed E-state index contributed by atoms with van der Waals surface area (Å²) < 4.78 is 50.3. The van der Waals surface area contributed by atoms with Gasteiger partial charge >= 0.3 is 0 Å². The van der Waals surface area contributed by atoms with E-state index in [0.717, 1.165) is 12.8 Å². The molecule has 0 unspecified atom stereocenters. The molecule has 0 spiro atoms. The fraction of sp³-hybridized carbons (Fsp3) is 0.588. The Balaban J connectivity index is 1.86. The number of carbonyl (C=O) groups excluding carboxylic acids is 1. The van der Waals surface area contributed by atoms with E-state index in [2.05, 4.69) is 0 Å². The van der Waals surface area contributed by atoms with Crippen LogP contribution in [0.1, 0.15) is 36.5 Å². The average molecular weight is 401 g/mol. The van der Waals surface area contributed by atoms with Gasteiger partial charge in [-0.2, -0.15) is 4.31 Å². The standard InChI is InChI=1S/C17H24N2O5S2/c1-2-19(15-8-11-25(21,22)13-15)17(20)14-6-5-7-16(12-14)26(23,24)18-9-3-4-10-18/h5-7,12,15H,2-4,8-11,13H2,1H3/t15-/m1/s1. The third kappa shape index (κ3) is 3.79. The topological polar surface area (TPSA) is 91.8 Å². The first-order valence-electron chi connectivity index (χ1n) is 8.86. The molecule has 1 amide bonds. The quantitative estimate of drug-likeness (QED) is 0.739. The van der Waals surface area contributed by atoms with Crippen LogP contribution in [0.2, 0.25) is 0 Å². The molecule has 3 rings (SSSR count). The Morgan fingerprint density at radius 3 is 2.54 bits per heavy atom. The summed E-state index contributed by atoms with van der Waals surface area (Å²) in [6.07, 6.45) is 2.11. The molecule has 2 heterocycles. The molecule has 1 atom stereocenters. The minimum Gasteiger partial charge on any atom is -0.335 e. The van der Waals surface area contributed by atoms with E-state index in [0.29, 0.717) is 26.1 Å². The van der Waals surface area contributed by atoms with E-state index in [9.17, 15) is 21.6 Å². The van der Waals surface area contributed by atoms with E-state index < -0.39 is 19.9 Å². The molecule has 0 N–H and O–H groups in total. The Labute approximate surface area is 155 Å². The van der Waals surface area contributed by atoms with Crippen LogP contribution in [-0.4, -0.2) is 69.1 Å². The number of amides is 1. The molecule has 9 heteroatoms. The highest BCUT2D eigenvalue weighted by molar-refractivity contribution is 7.91. The summed E-state index contributed by atoms with van der Waals surface area (Å²) in [6.45, 7) is 3.18. The van der Waals surface area contributed by atoms with Crippen LogP contribution >= 0.6 is 0 Å². The lowest BCUT2D eigenvalue weighted by molar-refractivity contribution is 0.0708. The van der Waals surface area contributed by atoms with Gasteiger partial charge in [0.1, 0.15) is 0 Å². The van der Waals surface area contributed by atoms with Crippen LogP contribution in [0.25, 0.3) is 0 Å². The van der Waals surface area contributed by atoms with Crippen molar-refractivity contribution in [2.45, 2.75) is 37.1 Å². The van der Waals surface area contributed by atoms with Crippen LogP contribution in [0.3, 0.4) is 0 Å². The number of rotatable bonds is 5. The smallest absolute Gasteiger partial charge is 0.254 e. The second-order valence-electron chi connectivity index (χ2n) is 6.79.